The lowest BCUT2D eigenvalue weighted by molar-refractivity contribution is 0.252. The van der Waals surface area contributed by atoms with Crippen molar-refractivity contribution in [3.63, 3.8) is 0 Å². The third-order valence-electron chi connectivity index (χ3n) is 5.59. The summed E-state index contributed by atoms with van der Waals surface area (Å²) in [4.78, 5) is 30.3. The van der Waals surface area contributed by atoms with Gasteiger partial charge < -0.3 is 5.32 Å². The van der Waals surface area contributed by atoms with Crippen molar-refractivity contribution < 1.29 is 4.79 Å². The first-order valence-electron chi connectivity index (χ1n) is 11.1. The van der Waals surface area contributed by atoms with Crippen LogP contribution >= 0.6 is 0 Å². The Kier molecular flexibility index (Phi) is 6.01. The maximum absolute atomic E-state index is 12.3. The Morgan fingerprint density at radius 2 is 1.88 bits per heavy atom. The molecule has 1 aliphatic rings. The lowest BCUT2D eigenvalue weighted by atomic mass is 10.1. The Bertz CT molecular complexity index is 1320. The molecule has 7 heteroatoms. The van der Waals surface area contributed by atoms with E-state index in [1.165, 1.54) is 11.1 Å². The van der Waals surface area contributed by atoms with Gasteiger partial charge >= 0.3 is 6.03 Å². The van der Waals surface area contributed by atoms with Crippen molar-refractivity contribution in [2.24, 2.45) is 4.99 Å². The topological polar surface area (TPSA) is 92.2 Å². The summed E-state index contributed by atoms with van der Waals surface area (Å²) in [5.74, 6) is 0.443. The summed E-state index contributed by atoms with van der Waals surface area (Å²) in [5, 5.41) is 5.68. The molecule has 3 heterocycles. The van der Waals surface area contributed by atoms with Crippen molar-refractivity contribution in [2.45, 2.75) is 25.7 Å². The number of nitrogens with zero attached hydrogens (tertiary/aromatic N) is 4. The number of fused-ring (bicyclic) bond motifs is 2. The number of benzene rings is 2. The highest BCUT2D eigenvalue weighted by Crippen LogP contribution is 2.29. The summed E-state index contributed by atoms with van der Waals surface area (Å²) >= 11 is 0. The number of urea groups is 1. The Morgan fingerprint density at radius 3 is 2.79 bits per heavy atom. The molecule has 2 aromatic carbocycles. The average molecular weight is 437 g/mol. The summed E-state index contributed by atoms with van der Waals surface area (Å²) in [6, 6.07) is 19.7. The number of hydrogen-bond donors (Lipinski definition) is 2. The Morgan fingerprint density at radius 1 is 0.970 bits per heavy atom. The van der Waals surface area contributed by atoms with Gasteiger partial charge in [-0.1, -0.05) is 36.4 Å². The Hall–Kier alpha value is -4.13. The molecule has 0 atom stereocenters. The van der Waals surface area contributed by atoms with Gasteiger partial charge in [-0.25, -0.2) is 14.8 Å². The molecule has 2 amide bonds. The molecule has 2 N–H and O–H groups in total. The fourth-order valence-electron chi connectivity index (χ4n) is 3.84. The predicted molar refractivity (Wildman–Crippen MR) is 131 cm³/mol. The molecular formula is C26H24N6O. The summed E-state index contributed by atoms with van der Waals surface area (Å²) in [7, 11) is 0. The number of rotatable bonds is 7. The molecule has 1 aliphatic heterocycles. The predicted octanol–water partition coefficient (Wildman–Crippen LogP) is 5.09. The molecule has 5 rings (SSSR count). The van der Waals surface area contributed by atoms with Crippen LogP contribution in [0.3, 0.4) is 0 Å². The number of aliphatic imine (C=N–C) groups is 1. The largest absolute Gasteiger partial charge is 0.338 e. The first-order chi connectivity index (χ1) is 16.2. The highest BCUT2D eigenvalue weighted by molar-refractivity contribution is 5.89. The number of carbonyl (C=O) groups is 1. The van der Waals surface area contributed by atoms with Crippen molar-refractivity contribution >= 4 is 34.9 Å². The van der Waals surface area contributed by atoms with Crippen LogP contribution in [0.5, 0.6) is 0 Å². The fourth-order valence-corrected chi connectivity index (χ4v) is 3.84. The van der Waals surface area contributed by atoms with Gasteiger partial charge in [0.25, 0.3) is 0 Å². The minimum Gasteiger partial charge on any atom is -0.338 e. The molecule has 0 saturated carbocycles. The van der Waals surface area contributed by atoms with Crippen molar-refractivity contribution in [3.8, 4) is 11.3 Å². The molecule has 0 unspecified atom stereocenters. The van der Waals surface area contributed by atoms with Crippen LogP contribution in [0.4, 0.5) is 16.3 Å². The van der Waals surface area contributed by atoms with Gasteiger partial charge in [0.05, 0.1) is 17.6 Å². The number of carbonyl (C=O) groups excluding carboxylic acids is 1. The van der Waals surface area contributed by atoms with Crippen molar-refractivity contribution in [1.29, 1.82) is 0 Å². The van der Waals surface area contributed by atoms with Gasteiger partial charge in [0, 0.05) is 24.7 Å². The molecular weight excluding hydrogens is 412 g/mol. The second-order valence-electron chi connectivity index (χ2n) is 7.98. The quantitative estimate of drug-likeness (QED) is 0.395. The second kappa shape index (κ2) is 9.56. The van der Waals surface area contributed by atoms with Crippen molar-refractivity contribution in [2.75, 3.05) is 11.9 Å². The van der Waals surface area contributed by atoms with Crippen LogP contribution in [0.25, 0.3) is 22.4 Å². The molecule has 0 bridgehead atoms. The SMILES string of the molecule is O=C(NCCCCc1ccccc1)Nc1ccc2ncc(-c3ccc4c(c3)CC=N4)nc2n1. The molecule has 0 saturated heterocycles. The van der Waals surface area contributed by atoms with Crippen molar-refractivity contribution in [3.05, 3.63) is 78.0 Å². The van der Waals surface area contributed by atoms with Crippen LogP contribution in [-0.2, 0) is 12.8 Å². The molecule has 7 nitrogen and oxygen atoms in total. The van der Waals surface area contributed by atoms with Gasteiger partial charge in [0.15, 0.2) is 5.65 Å². The van der Waals surface area contributed by atoms with E-state index in [1.807, 2.05) is 42.6 Å². The molecule has 4 aromatic rings. The molecule has 0 fully saturated rings. The number of amides is 2. The monoisotopic (exact) mass is 436 g/mol. The molecule has 164 valence electrons. The molecule has 0 radical (unpaired) electrons. The summed E-state index contributed by atoms with van der Waals surface area (Å²) in [6.07, 6.45) is 7.43. The number of aromatic nitrogens is 3. The van der Waals surface area contributed by atoms with E-state index in [1.54, 1.807) is 12.3 Å². The standard InChI is InChI=1S/C26H24N6O/c33-26(28-14-5-4-8-18-6-2-1-3-7-18)32-24-12-11-22-25(31-24)30-23(17-29-22)19-9-10-21-20(16-19)13-15-27-21/h1-3,6-7,9-12,15-17H,4-5,8,13-14H2,(H2,28,30,31,32,33). The van der Waals surface area contributed by atoms with Crippen LogP contribution < -0.4 is 10.6 Å². The smallest absolute Gasteiger partial charge is 0.320 e. The van der Waals surface area contributed by atoms with Crippen molar-refractivity contribution in [1.82, 2.24) is 20.3 Å². The van der Waals surface area contributed by atoms with E-state index in [4.69, 9.17) is 0 Å². The van der Waals surface area contributed by atoms with Gasteiger partial charge in [0.1, 0.15) is 11.3 Å². The minimum absolute atomic E-state index is 0.274. The number of nitrogens with one attached hydrogen (secondary N) is 2. The molecule has 33 heavy (non-hydrogen) atoms. The number of pyridine rings is 1. The number of aryl methyl sites for hydroxylation is 1. The van der Waals surface area contributed by atoms with E-state index in [0.29, 0.717) is 23.5 Å². The lowest BCUT2D eigenvalue weighted by Gasteiger charge is -2.08. The normalized spacial score (nSPS) is 12.0. The second-order valence-corrected chi connectivity index (χ2v) is 7.98. The van der Waals surface area contributed by atoms with Crippen LogP contribution in [0.1, 0.15) is 24.0 Å². The van der Waals surface area contributed by atoms with Crippen LogP contribution in [0.15, 0.2) is 71.9 Å². The van der Waals surface area contributed by atoms with E-state index in [-0.39, 0.29) is 6.03 Å². The molecule has 0 spiro atoms. The summed E-state index contributed by atoms with van der Waals surface area (Å²) in [5.41, 5.74) is 6.38. The first-order valence-corrected chi connectivity index (χ1v) is 11.1. The van der Waals surface area contributed by atoms with Gasteiger partial charge in [-0.05, 0) is 54.7 Å². The number of hydrogen-bond acceptors (Lipinski definition) is 5. The van der Waals surface area contributed by atoms with E-state index in [0.717, 1.165) is 42.6 Å². The highest BCUT2D eigenvalue weighted by atomic mass is 16.2. The summed E-state index contributed by atoms with van der Waals surface area (Å²) < 4.78 is 0. The van der Waals surface area contributed by atoms with Gasteiger partial charge in [-0.15, -0.1) is 0 Å². The summed E-state index contributed by atoms with van der Waals surface area (Å²) in [6.45, 7) is 0.609. The minimum atomic E-state index is -0.274. The van der Waals surface area contributed by atoms with Crippen LogP contribution in [0.2, 0.25) is 0 Å². The molecule has 0 aliphatic carbocycles. The number of unbranched alkanes of at least 4 members (excludes halogenated alkanes) is 1. The average Bonchev–Trinajstić information content (AvgIpc) is 3.32. The highest BCUT2D eigenvalue weighted by Gasteiger charge is 2.11. The van der Waals surface area contributed by atoms with E-state index in [2.05, 4.69) is 48.8 Å². The van der Waals surface area contributed by atoms with Crippen LogP contribution in [-0.4, -0.2) is 33.7 Å². The van der Waals surface area contributed by atoms with E-state index < -0.39 is 0 Å². The van der Waals surface area contributed by atoms with Gasteiger partial charge in [-0.2, -0.15) is 0 Å². The first kappa shape index (κ1) is 20.8. The maximum atomic E-state index is 12.3. The number of anilines is 1. The van der Waals surface area contributed by atoms with Crippen LogP contribution in [0, 0.1) is 0 Å². The molecule has 2 aromatic heterocycles. The third kappa shape index (κ3) is 5.03. The maximum Gasteiger partial charge on any atom is 0.320 e. The van der Waals surface area contributed by atoms with Gasteiger partial charge in [0.2, 0.25) is 0 Å². The lowest BCUT2D eigenvalue weighted by Crippen LogP contribution is -2.29. The van der Waals surface area contributed by atoms with E-state index >= 15 is 0 Å². The Balaban J connectivity index is 1.18. The van der Waals surface area contributed by atoms with E-state index in [9.17, 15) is 4.79 Å². The third-order valence-corrected chi connectivity index (χ3v) is 5.59. The fraction of sp³-hybridized carbons (Fsp3) is 0.192. The zero-order valence-electron chi connectivity index (χ0n) is 18.2. The van der Waals surface area contributed by atoms with Gasteiger partial charge in [-0.3, -0.25) is 15.3 Å². The zero-order valence-corrected chi connectivity index (χ0v) is 18.2. The zero-order chi connectivity index (χ0) is 22.5. The Labute approximate surface area is 192 Å².